The van der Waals surface area contributed by atoms with Crippen LogP contribution in [0.25, 0.3) is 0 Å². The van der Waals surface area contributed by atoms with E-state index in [0.717, 1.165) is 4.47 Å². The Balaban J connectivity index is 1.74. The van der Waals surface area contributed by atoms with Crippen molar-refractivity contribution in [3.63, 3.8) is 0 Å². The lowest BCUT2D eigenvalue weighted by Gasteiger charge is -2.11. The number of nitrogens with zero attached hydrogens (tertiary/aromatic N) is 1. The molecule has 0 radical (unpaired) electrons. The van der Waals surface area contributed by atoms with Gasteiger partial charge in [0.2, 0.25) is 0 Å². The van der Waals surface area contributed by atoms with Crippen LogP contribution in [0.3, 0.4) is 0 Å². The van der Waals surface area contributed by atoms with Crippen LogP contribution in [-0.4, -0.2) is 22.4 Å². The number of rotatable bonds is 7. The van der Waals surface area contributed by atoms with Crippen molar-refractivity contribution in [1.82, 2.24) is 0 Å². The number of hydrogen-bond donors (Lipinski definition) is 2. The van der Waals surface area contributed by atoms with Crippen LogP contribution in [0.4, 0.5) is 17.1 Å². The number of non-ortho nitro benzene ring substituents is 1. The second kappa shape index (κ2) is 10.7. The molecular formula is C22H18BrN3O5S. The predicted molar refractivity (Wildman–Crippen MR) is 130 cm³/mol. The summed E-state index contributed by atoms with van der Waals surface area (Å²) < 4.78 is 12.0. The molecule has 3 rings (SSSR count). The monoisotopic (exact) mass is 515 g/mol. The fourth-order valence-electron chi connectivity index (χ4n) is 2.64. The van der Waals surface area contributed by atoms with Gasteiger partial charge in [0.15, 0.2) is 4.99 Å². The molecule has 0 heterocycles. The normalized spacial score (nSPS) is 10.2. The van der Waals surface area contributed by atoms with E-state index in [9.17, 15) is 14.9 Å². The van der Waals surface area contributed by atoms with Gasteiger partial charge in [0, 0.05) is 22.3 Å². The van der Waals surface area contributed by atoms with Crippen molar-refractivity contribution >= 4 is 56.1 Å². The fourth-order valence-corrected chi connectivity index (χ4v) is 3.07. The van der Waals surface area contributed by atoms with Crippen molar-refractivity contribution in [3.05, 3.63) is 81.3 Å². The minimum Gasteiger partial charge on any atom is -0.494 e. The lowest BCUT2D eigenvalue weighted by molar-refractivity contribution is -0.384. The van der Waals surface area contributed by atoms with Crippen molar-refractivity contribution in [3.8, 4) is 17.2 Å². The summed E-state index contributed by atoms with van der Waals surface area (Å²) in [5.74, 6) is 0.707. The number of nitro benzene ring substituents is 1. The van der Waals surface area contributed by atoms with Gasteiger partial charge in [0.25, 0.3) is 11.6 Å². The number of thiocarbonyl (C=S) groups is 1. The number of benzene rings is 3. The maximum absolute atomic E-state index is 12.5. The molecular weight excluding hydrogens is 498 g/mol. The maximum Gasteiger partial charge on any atom is 0.283 e. The molecule has 0 aromatic heterocycles. The van der Waals surface area contributed by atoms with Gasteiger partial charge in [0.1, 0.15) is 17.2 Å². The van der Waals surface area contributed by atoms with Gasteiger partial charge in [-0.05, 0) is 55.5 Å². The Morgan fingerprint density at radius 2 is 1.62 bits per heavy atom. The molecule has 0 atom stereocenters. The number of nitrogens with one attached hydrogen (secondary N) is 2. The van der Waals surface area contributed by atoms with Gasteiger partial charge < -0.3 is 20.1 Å². The lowest BCUT2D eigenvalue weighted by Crippen LogP contribution is -2.27. The quantitative estimate of drug-likeness (QED) is 0.228. The zero-order valence-corrected chi connectivity index (χ0v) is 19.2. The molecule has 1 amide bonds. The molecule has 2 N–H and O–H groups in total. The molecule has 0 aliphatic heterocycles. The summed E-state index contributed by atoms with van der Waals surface area (Å²) in [5.41, 5.74) is 0.563. The van der Waals surface area contributed by atoms with Gasteiger partial charge in [-0.15, -0.1) is 0 Å². The summed E-state index contributed by atoms with van der Waals surface area (Å²) in [5, 5.41) is 16.7. The van der Waals surface area contributed by atoms with Crippen LogP contribution in [0.2, 0.25) is 0 Å². The van der Waals surface area contributed by atoms with Gasteiger partial charge in [0.05, 0.1) is 23.3 Å². The summed E-state index contributed by atoms with van der Waals surface area (Å²) in [4.78, 5) is 23.2. The molecule has 32 heavy (non-hydrogen) atoms. The van der Waals surface area contributed by atoms with Crippen LogP contribution in [0.5, 0.6) is 17.2 Å². The van der Waals surface area contributed by atoms with Crippen LogP contribution < -0.4 is 20.1 Å². The highest BCUT2D eigenvalue weighted by atomic mass is 79.9. The molecule has 0 aliphatic rings. The zero-order chi connectivity index (χ0) is 23.1. The van der Waals surface area contributed by atoms with Gasteiger partial charge >= 0.3 is 0 Å². The van der Waals surface area contributed by atoms with Crippen LogP contribution >= 0.6 is 28.1 Å². The van der Waals surface area contributed by atoms with E-state index in [4.69, 9.17) is 21.7 Å². The smallest absolute Gasteiger partial charge is 0.283 e. The minimum absolute atomic E-state index is 0.0900. The third-order valence-corrected chi connectivity index (χ3v) is 4.85. The first-order valence-corrected chi connectivity index (χ1v) is 10.6. The Morgan fingerprint density at radius 1 is 0.969 bits per heavy atom. The number of amides is 1. The van der Waals surface area contributed by atoms with Gasteiger partial charge in [-0.2, -0.15) is 0 Å². The van der Waals surface area contributed by atoms with E-state index in [1.807, 2.05) is 6.92 Å². The average Bonchev–Trinajstić information content (AvgIpc) is 2.76. The van der Waals surface area contributed by atoms with Crippen molar-refractivity contribution in [1.29, 1.82) is 0 Å². The Bertz CT molecular complexity index is 1140. The van der Waals surface area contributed by atoms with Crippen molar-refractivity contribution in [2.75, 3.05) is 17.2 Å². The molecule has 0 saturated heterocycles. The molecule has 3 aromatic carbocycles. The van der Waals surface area contributed by atoms with Gasteiger partial charge in [-0.25, -0.2) is 0 Å². The first-order valence-electron chi connectivity index (χ1n) is 9.42. The number of ether oxygens (including phenoxy) is 2. The van der Waals surface area contributed by atoms with Crippen molar-refractivity contribution < 1.29 is 19.2 Å². The van der Waals surface area contributed by atoms with E-state index in [-0.39, 0.29) is 22.1 Å². The molecule has 0 spiro atoms. The Kier molecular flexibility index (Phi) is 7.74. The summed E-state index contributed by atoms with van der Waals surface area (Å²) in [6, 6.07) is 17.9. The Labute approximate surface area is 197 Å². The first-order chi connectivity index (χ1) is 15.3. The highest BCUT2D eigenvalue weighted by molar-refractivity contribution is 9.10. The maximum atomic E-state index is 12.5. The predicted octanol–water partition coefficient (Wildman–Crippen LogP) is 5.93. The largest absolute Gasteiger partial charge is 0.494 e. The number of nitro groups is 1. The van der Waals surface area contributed by atoms with E-state index >= 15 is 0 Å². The second-order valence-corrected chi connectivity index (χ2v) is 7.72. The molecule has 0 bridgehead atoms. The fraction of sp³-hybridized carbons (Fsp3) is 0.0909. The van der Waals surface area contributed by atoms with E-state index in [1.165, 1.54) is 18.2 Å². The van der Waals surface area contributed by atoms with Gasteiger partial charge in [-0.3, -0.25) is 14.9 Å². The Hall–Kier alpha value is -3.50. The third-order valence-electron chi connectivity index (χ3n) is 4.04. The third kappa shape index (κ3) is 6.50. The van der Waals surface area contributed by atoms with Crippen LogP contribution in [0.15, 0.2) is 71.2 Å². The number of halogens is 1. The number of hydrogen-bond acceptors (Lipinski definition) is 6. The summed E-state index contributed by atoms with van der Waals surface area (Å²) >= 11 is 8.47. The second-order valence-electron chi connectivity index (χ2n) is 6.39. The zero-order valence-electron chi connectivity index (χ0n) is 16.8. The van der Waals surface area contributed by atoms with E-state index in [2.05, 4.69) is 26.6 Å². The van der Waals surface area contributed by atoms with E-state index in [0.29, 0.717) is 23.8 Å². The Morgan fingerprint density at radius 3 is 2.25 bits per heavy atom. The molecule has 164 valence electrons. The van der Waals surface area contributed by atoms with Crippen LogP contribution in [0.1, 0.15) is 6.92 Å². The first kappa shape index (κ1) is 23.2. The van der Waals surface area contributed by atoms with Crippen LogP contribution in [-0.2, 0) is 4.79 Å². The summed E-state index contributed by atoms with van der Waals surface area (Å²) in [6.45, 7) is 2.41. The standard InChI is InChI=1S/C22H18BrN3O5S/c1-2-30-18-7-9-19(10-8-18)31-20-12-16(11-17(13-20)26(28)29)24-21(27)22(32)25-15-5-3-14(23)4-6-15/h3-13H,2H2,1H3,(H,24,27)(H,25,32). The summed E-state index contributed by atoms with van der Waals surface area (Å²) in [6.07, 6.45) is 0. The molecule has 8 nitrogen and oxygen atoms in total. The molecule has 0 saturated carbocycles. The van der Waals surface area contributed by atoms with E-state index in [1.54, 1.807) is 48.5 Å². The summed E-state index contributed by atoms with van der Waals surface area (Å²) in [7, 11) is 0. The molecule has 0 fully saturated rings. The van der Waals surface area contributed by atoms with E-state index < -0.39 is 10.8 Å². The molecule has 3 aromatic rings. The lowest BCUT2D eigenvalue weighted by atomic mass is 10.2. The van der Waals surface area contributed by atoms with Gasteiger partial charge in [-0.1, -0.05) is 28.1 Å². The number of carbonyl (C=O) groups is 1. The van der Waals surface area contributed by atoms with Crippen LogP contribution in [0, 0.1) is 10.1 Å². The minimum atomic E-state index is -0.615. The molecule has 10 heteroatoms. The molecule has 0 aliphatic carbocycles. The topological polar surface area (TPSA) is 103 Å². The van der Waals surface area contributed by atoms with Crippen molar-refractivity contribution in [2.45, 2.75) is 6.92 Å². The highest BCUT2D eigenvalue weighted by Gasteiger charge is 2.15. The molecule has 0 unspecified atom stereocenters. The average molecular weight is 516 g/mol. The van der Waals surface area contributed by atoms with Crippen molar-refractivity contribution in [2.24, 2.45) is 0 Å². The SMILES string of the molecule is CCOc1ccc(Oc2cc(NC(=O)C(=S)Nc3ccc(Br)cc3)cc([N+](=O)[O-])c2)cc1. The number of anilines is 2. The highest BCUT2D eigenvalue weighted by Crippen LogP contribution is 2.30. The number of carbonyl (C=O) groups excluding carboxylic acids is 1.